The Morgan fingerprint density at radius 3 is 1.44 bits per heavy atom. The molecule has 0 saturated carbocycles. The molecule has 0 bridgehead atoms. The van der Waals surface area contributed by atoms with Crippen LogP contribution in [-0.4, -0.2) is 69.3 Å². The first-order chi connectivity index (χ1) is 7.62. The van der Waals surface area contributed by atoms with Gasteiger partial charge in [0.15, 0.2) is 0 Å². The SMILES string of the molecule is OCCC(O)CO.OCCCCC(O)CO. The molecule has 0 aliphatic carbocycles. The predicted octanol–water partition coefficient (Wildman–Crippen LogP) is -1.78. The molecule has 2 atom stereocenters. The third-order valence-electron chi connectivity index (χ3n) is 1.83. The normalized spacial score (nSPS) is 13.9. The largest absolute Gasteiger partial charge is 0.396 e. The molecule has 0 aromatic rings. The number of aliphatic hydroxyl groups excluding tert-OH is 6. The lowest BCUT2D eigenvalue weighted by Crippen LogP contribution is -2.12. The zero-order valence-corrected chi connectivity index (χ0v) is 9.49. The molecule has 0 spiro atoms. The van der Waals surface area contributed by atoms with Crippen LogP contribution in [0.5, 0.6) is 0 Å². The van der Waals surface area contributed by atoms with Crippen LogP contribution in [-0.2, 0) is 0 Å². The van der Waals surface area contributed by atoms with Crippen molar-refractivity contribution in [3.05, 3.63) is 0 Å². The van der Waals surface area contributed by atoms with E-state index >= 15 is 0 Å². The smallest absolute Gasteiger partial charge is 0.0792 e. The second-order valence-corrected chi connectivity index (χ2v) is 3.40. The fourth-order valence-corrected chi connectivity index (χ4v) is 0.823. The Morgan fingerprint density at radius 1 is 0.625 bits per heavy atom. The van der Waals surface area contributed by atoms with Crippen molar-refractivity contribution < 1.29 is 30.6 Å². The summed E-state index contributed by atoms with van der Waals surface area (Å²) < 4.78 is 0. The fourth-order valence-electron chi connectivity index (χ4n) is 0.823. The summed E-state index contributed by atoms with van der Waals surface area (Å²) >= 11 is 0. The maximum atomic E-state index is 8.75. The molecule has 0 aliphatic heterocycles. The Hall–Kier alpha value is -0.240. The van der Waals surface area contributed by atoms with Crippen LogP contribution in [0.2, 0.25) is 0 Å². The highest BCUT2D eigenvalue weighted by Crippen LogP contribution is 1.98. The lowest BCUT2D eigenvalue weighted by atomic mass is 10.2. The van der Waals surface area contributed by atoms with Gasteiger partial charge in [-0.2, -0.15) is 0 Å². The molecule has 0 aromatic heterocycles. The van der Waals surface area contributed by atoms with Gasteiger partial charge in [0.1, 0.15) is 0 Å². The highest BCUT2D eigenvalue weighted by molar-refractivity contribution is 4.51. The third-order valence-corrected chi connectivity index (χ3v) is 1.83. The van der Waals surface area contributed by atoms with Crippen molar-refractivity contribution >= 4 is 0 Å². The zero-order valence-electron chi connectivity index (χ0n) is 9.49. The minimum Gasteiger partial charge on any atom is -0.396 e. The maximum Gasteiger partial charge on any atom is 0.0792 e. The van der Waals surface area contributed by atoms with Gasteiger partial charge in [-0.05, 0) is 25.7 Å². The zero-order chi connectivity index (χ0) is 12.8. The van der Waals surface area contributed by atoms with Crippen molar-refractivity contribution in [1.82, 2.24) is 0 Å². The number of hydrogen-bond acceptors (Lipinski definition) is 6. The number of aliphatic hydroxyl groups is 6. The minimum absolute atomic E-state index is 0.0677. The van der Waals surface area contributed by atoms with E-state index in [1.165, 1.54) is 0 Å². The Bertz CT molecular complexity index is 122. The highest BCUT2D eigenvalue weighted by atomic mass is 16.3. The molecule has 0 saturated heterocycles. The summed E-state index contributed by atoms with van der Waals surface area (Å²) in [6, 6.07) is 0. The lowest BCUT2D eigenvalue weighted by Gasteiger charge is -2.03. The summed E-state index contributed by atoms with van der Waals surface area (Å²) in [4.78, 5) is 0. The molecule has 16 heavy (non-hydrogen) atoms. The Balaban J connectivity index is 0. The van der Waals surface area contributed by atoms with Gasteiger partial charge in [0.2, 0.25) is 0 Å². The molecule has 6 heteroatoms. The molecule has 0 aliphatic rings. The van der Waals surface area contributed by atoms with E-state index in [0.717, 1.165) is 6.42 Å². The molecule has 0 aromatic carbocycles. The lowest BCUT2D eigenvalue weighted by molar-refractivity contribution is 0.0721. The van der Waals surface area contributed by atoms with Crippen LogP contribution in [0.15, 0.2) is 0 Å². The number of hydrogen-bond donors (Lipinski definition) is 6. The number of rotatable bonds is 8. The molecular weight excluding hydrogens is 216 g/mol. The van der Waals surface area contributed by atoms with Crippen LogP contribution in [0.1, 0.15) is 25.7 Å². The molecule has 100 valence electrons. The summed E-state index contributed by atoms with van der Waals surface area (Å²) in [5.74, 6) is 0. The van der Waals surface area contributed by atoms with Crippen LogP contribution in [0.25, 0.3) is 0 Å². The van der Waals surface area contributed by atoms with E-state index in [-0.39, 0.29) is 32.8 Å². The van der Waals surface area contributed by atoms with Crippen LogP contribution in [0.4, 0.5) is 0 Å². The van der Waals surface area contributed by atoms with E-state index < -0.39 is 12.2 Å². The van der Waals surface area contributed by atoms with Crippen molar-refractivity contribution in [1.29, 1.82) is 0 Å². The topological polar surface area (TPSA) is 121 Å². The van der Waals surface area contributed by atoms with Gasteiger partial charge in [-0.3, -0.25) is 0 Å². The van der Waals surface area contributed by atoms with Gasteiger partial charge in [-0.15, -0.1) is 0 Å². The molecule has 6 nitrogen and oxygen atoms in total. The molecule has 0 heterocycles. The van der Waals surface area contributed by atoms with Crippen molar-refractivity contribution in [2.24, 2.45) is 0 Å². The second kappa shape index (κ2) is 14.8. The van der Waals surface area contributed by atoms with Gasteiger partial charge < -0.3 is 30.6 Å². The van der Waals surface area contributed by atoms with Crippen molar-refractivity contribution in [3.63, 3.8) is 0 Å². The molecule has 6 N–H and O–H groups in total. The van der Waals surface area contributed by atoms with Gasteiger partial charge >= 0.3 is 0 Å². The predicted molar refractivity (Wildman–Crippen MR) is 58.8 cm³/mol. The van der Waals surface area contributed by atoms with Crippen molar-refractivity contribution in [2.75, 3.05) is 26.4 Å². The minimum atomic E-state index is -0.745. The summed E-state index contributed by atoms with van der Waals surface area (Å²) in [7, 11) is 0. The molecule has 0 rings (SSSR count). The molecule has 0 amide bonds. The summed E-state index contributed by atoms with van der Waals surface area (Å²) in [6.45, 7) is -0.341. The first-order valence-electron chi connectivity index (χ1n) is 5.41. The van der Waals surface area contributed by atoms with Crippen LogP contribution in [0.3, 0.4) is 0 Å². The monoisotopic (exact) mass is 240 g/mol. The summed E-state index contributed by atoms with van der Waals surface area (Å²) in [5, 5.41) is 50.0. The van der Waals surface area contributed by atoms with E-state index in [4.69, 9.17) is 30.6 Å². The average Bonchev–Trinajstić information content (AvgIpc) is 2.30. The Labute approximate surface area is 95.8 Å². The van der Waals surface area contributed by atoms with Crippen molar-refractivity contribution in [2.45, 2.75) is 37.9 Å². The average molecular weight is 240 g/mol. The maximum absolute atomic E-state index is 8.75. The van der Waals surface area contributed by atoms with Crippen LogP contribution in [0, 0.1) is 0 Å². The highest BCUT2D eigenvalue weighted by Gasteiger charge is 1.99. The van der Waals surface area contributed by atoms with E-state index in [1.54, 1.807) is 0 Å². The van der Waals surface area contributed by atoms with E-state index in [0.29, 0.717) is 12.8 Å². The number of unbranched alkanes of at least 4 members (excludes halogenated alkanes) is 1. The standard InChI is InChI=1S/C6H14O3.C4H10O3/c7-4-2-1-3-6(9)5-8;5-2-1-4(7)3-6/h6-9H,1-5H2;4-7H,1-3H2. The van der Waals surface area contributed by atoms with Crippen LogP contribution < -0.4 is 0 Å². The molecule has 0 radical (unpaired) electrons. The fraction of sp³-hybridized carbons (Fsp3) is 1.00. The van der Waals surface area contributed by atoms with E-state index in [2.05, 4.69) is 0 Å². The van der Waals surface area contributed by atoms with E-state index in [1.807, 2.05) is 0 Å². The van der Waals surface area contributed by atoms with E-state index in [9.17, 15) is 0 Å². The van der Waals surface area contributed by atoms with Gasteiger partial charge in [0, 0.05) is 13.2 Å². The first kappa shape index (κ1) is 18.1. The Kier molecular flexibility index (Phi) is 16.7. The first-order valence-corrected chi connectivity index (χ1v) is 5.41. The van der Waals surface area contributed by atoms with Crippen molar-refractivity contribution in [3.8, 4) is 0 Å². The summed E-state index contributed by atoms with van der Waals surface area (Å²) in [6.07, 6.45) is 0.976. The molecule has 2 unspecified atom stereocenters. The van der Waals surface area contributed by atoms with Gasteiger partial charge in [-0.1, -0.05) is 0 Å². The van der Waals surface area contributed by atoms with Gasteiger partial charge in [0.05, 0.1) is 25.4 Å². The summed E-state index contributed by atoms with van der Waals surface area (Å²) in [5.41, 5.74) is 0. The van der Waals surface area contributed by atoms with Gasteiger partial charge in [-0.25, -0.2) is 0 Å². The van der Waals surface area contributed by atoms with Crippen LogP contribution >= 0.6 is 0 Å². The second-order valence-electron chi connectivity index (χ2n) is 3.40. The van der Waals surface area contributed by atoms with Gasteiger partial charge in [0.25, 0.3) is 0 Å². The molecular formula is C10H24O6. The quantitative estimate of drug-likeness (QED) is 0.279. The Morgan fingerprint density at radius 2 is 1.12 bits per heavy atom. The third kappa shape index (κ3) is 16.2. The molecule has 0 fully saturated rings.